The number of hydrogen-bond acceptors (Lipinski definition) is 5. The van der Waals surface area contributed by atoms with Crippen LogP contribution in [0.5, 0.6) is 0 Å². The third-order valence-electron chi connectivity index (χ3n) is 5.88. The summed E-state index contributed by atoms with van der Waals surface area (Å²) < 4.78 is 0. The van der Waals surface area contributed by atoms with Crippen LogP contribution >= 0.6 is 11.8 Å². The fourth-order valence-corrected chi connectivity index (χ4v) is 5.36. The molecule has 2 aliphatic heterocycles. The number of aliphatic imine (C=N–C) groups is 1. The Balaban J connectivity index is 1.47. The van der Waals surface area contributed by atoms with Gasteiger partial charge in [0, 0.05) is 24.3 Å². The molecule has 1 aromatic carbocycles. The van der Waals surface area contributed by atoms with Gasteiger partial charge >= 0.3 is 0 Å². The number of imide groups is 1. The molecule has 1 fully saturated rings. The largest absolute Gasteiger partial charge is 0.288 e. The molecule has 4 rings (SSSR count). The third-order valence-corrected chi connectivity index (χ3v) is 6.97. The van der Waals surface area contributed by atoms with E-state index < -0.39 is 0 Å². The van der Waals surface area contributed by atoms with Crippen molar-refractivity contribution in [3.8, 4) is 0 Å². The number of amidine groups is 1. The van der Waals surface area contributed by atoms with Gasteiger partial charge < -0.3 is 0 Å². The Bertz CT molecular complexity index is 876. The van der Waals surface area contributed by atoms with Gasteiger partial charge in [0.15, 0.2) is 5.17 Å². The lowest BCUT2D eigenvalue weighted by atomic mass is 9.94. The number of hydrogen-bond donors (Lipinski definition) is 0. The van der Waals surface area contributed by atoms with Gasteiger partial charge in [0.05, 0.1) is 17.7 Å². The van der Waals surface area contributed by atoms with Crippen LogP contribution in [0.3, 0.4) is 0 Å². The van der Waals surface area contributed by atoms with E-state index in [9.17, 15) is 14.4 Å². The monoisotopic (exact) mass is 413 g/mol. The SMILES string of the molecule is Cc1ccc2c(c1)C(=O)N(CCC(=O)N(C1=NC[C@@H](C)S1)C1CCCCC1)C2=O. The van der Waals surface area contributed by atoms with Crippen molar-refractivity contribution in [3.63, 3.8) is 0 Å². The highest BCUT2D eigenvalue weighted by Gasteiger charge is 2.37. The van der Waals surface area contributed by atoms with Crippen molar-refractivity contribution in [1.29, 1.82) is 0 Å². The molecular formula is C22H27N3O3S. The van der Waals surface area contributed by atoms with Crippen molar-refractivity contribution in [2.75, 3.05) is 13.1 Å². The summed E-state index contributed by atoms with van der Waals surface area (Å²) in [6.07, 6.45) is 5.58. The van der Waals surface area contributed by atoms with Crippen LogP contribution in [-0.2, 0) is 4.79 Å². The second-order valence-corrected chi connectivity index (χ2v) is 9.57. The predicted octanol–water partition coefficient (Wildman–Crippen LogP) is 3.63. The number of amides is 3. The van der Waals surface area contributed by atoms with Gasteiger partial charge in [0.1, 0.15) is 0 Å². The zero-order valence-electron chi connectivity index (χ0n) is 17.0. The first-order valence-corrected chi connectivity index (χ1v) is 11.3. The van der Waals surface area contributed by atoms with Crippen LogP contribution in [0.1, 0.15) is 71.7 Å². The standard InChI is InChI=1S/C22H27N3O3S/c1-14-8-9-17-18(12-14)21(28)24(20(17)27)11-10-19(26)25(16-6-4-3-5-7-16)22-23-13-15(2)29-22/h8-9,12,15-16H,3-7,10-11,13H2,1-2H3/t15-/m1/s1. The minimum Gasteiger partial charge on any atom is -0.288 e. The molecule has 0 N–H and O–H groups in total. The Morgan fingerprint density at radius 2 is 1.90 bits per heavy atom. The summed E-state index contributed by atoms with van der Waals surface area (Å²) in [4.78, 5) is 46.3. The number of carbonyl (C=O) groups excluding carboxylic acids is 3. The Kier molecular flexibility index (Phi) is 5.76. The van der Waals surface area contributed by atoms with Gasteiger partial charge in [0.2, 0.25) is 5.91 Å². The maximum atomic E-state index is 13.2. The number of thioether (sulfide) groups is 1. The first-order chi connectivity index (χ1) is 14.0. The summed E-state index contributed by atoms with van der Waals surface area (Å²) in [5.74, 6) is -0.639. The lowest BCUT2D eigenvalue weighted by Gasteiger charge is -2.34. The molecular weight excluding hydrogens is 386 g/mol. The lowest BCUT2D eigenvalue weighted by molar-refractivity contribution is -0.129. The molecule has 29 heavy (non-hydrogen) atoms. The van der Waals surface area contributed by atoms with Gasteiger partial charge in [0.25, 0.3) is 11.8 Å². The van der Waals surface area contributed by atoms with Crippen molar-refractivity contribution in [2.24, 2.45) is 4.99 Å². The number of rotatable bonds is 4. The quantitative estimate of drug-likeness (QED) is 0.707. The van der Waals surface area contributed by atoms with E-state index in [0.29, 0.717) is 16.4 Å². The zero-order chi connectivity index (χ0) is 20.5. The van der Waals surface area contributed by atoms with E-state index in [1.54, 1.807) is 23.9 Å². The molecule has 1 aliphatic carbocycles. The first kappa shape index (κ1) is 20.1. The second kappa shape index (κ2) is 8.30. The number of nitrogens with zero attached hydrogens (tertiary/aromatic N) is 3. The summed E-state index contributed by atoms with van der Waals surface area (Å²) in [5.41, 5.74) is 1.81. The van der Waals surface area contributed by atoms with Crippen molar-refractivity contribution in [3.05, 3.63) is 34.9 Å². The fourth-order valence-electron chi connectivity index (χ4n) is 4.34. The summed E-state index contributed by atoms with van der Waals surface area (Å²) in [5, 5.41) is 1.19. The van der Waals surface area contributed by atoms with Crippen LogP contribution < -0.4 is 0 Å². The normalized spacial score (nSPS) is 22.1. The molecule has 3 amide bonds. The van der Waals surface area contributed by atoms with Gasteiger partial charge in [-0.15, -0.1) is 0 Å². The highest BCUT2D eigenvalue weighted by Crippen LogP contribution is 2.31. The van der Waals surface area contributed by atoms with Gasteiger partial charge in [-0.3, -0.25) is 29.2 Å². The second-order valence-electron chi connectivity index (χ2n) is 8.17. The van der Waals surface area contributed by atoms with Gasteiger partial charge in [-0.25, -0.2) is 0 Å². The van der Waals surface area contributed by atoms with Crippen LogP contribution in [-0.4, -0.2) is 57.1 Å². The van der Waals surface area contributed by atoms with Crippen molar-refractivity contribution >= 4 is 34.7 Å². The van der Waals surface area contributed by atoms with Crippen LogP contribution in [0.2, 0.25) is 0 Å². The summed E-state index contributed by atoms with van der Waals surface area (Å²) >= 11 is 1.65. The molecule has 0 radical (unpaired) electrons. The summed E-state index contributed by atoms with van der Waals surface area (Å²) in [6.45, 7) is 4.86. The van der Waals surface area contributed by atoms with Crippen molar-refractivity contribution in [2.45, 2.75) is 63.7 Å². The maximum Gasteiger partial charge on any atom is 0.261 e. The molecule has 0 aromatic heterocycles. The van der Waals surface area contributed by atoms with E-state index in [1.807, 2.05) is 17.9 Å². The van der Waals surface area contributed by atoms with Crippen LogP contribution in [0.15, 0.2) is 23.2 Å². The van der Waals surface area contributed by atoms with Gasteiger partial charge in [-0.05, 0) is 31.9 Å². The van der Waals surface area contributed by atoms with Crippen LogP contribution in [0.25, 0.3) is 0 Å². The Hall–Kier alpha value is -2.15. The predicted molar refractivity (Wildman–Crippen MR) is 114 cm³/mol. The molecule has 0 saturated heterocycles. The van der Waals surface area contributed by atoms with Gasteiger partial charge in [-0.1, -0.05) is 49.6 Å². The average Bonchev–Trinajstić information content (AvgIpc) is 3.23. The number of carbonyl (C=O) groups is 3. The number of aryl methyl sites for hydroxylation is 1. The molecule has 7 heteroatoms. The molecule has 1 saturated carbocycles. The van der Waals surface area contributed by atoms with E-state index in [-0.39, 0.29) is 36.7 Å². The molecule has 0 bridgehead atoms. The molecule has 1 atom stereocenters. The van der Waals surface area contributed by atoms with E-state index >= 15 is 0 Å². The van der Waals surface area contributed by atoms with Gasteiger partial charge in [-0.2, -0.15) is 0 Å². The highest BCUT2D eigenvalue weighted by molar-refractivity contribution is 8.14. The van der Waals surface area contributed by atoms with E-state index in [4.69, 9.17) is 0 Å². The minimum absolute atomic E-state index is 0.0370. The molecule has 154 valence electrons. The zero-order valence-corrected chi connectivity index (χ0v) is 17.8. The summed E-state index contributed by atoms with van der Waals surface area (Å²) in [7, 11) is 0. The van der Waals surface area contributed by atoms with Crippen LogP contribution in [0.4, 0.5) is 0 Å². The molecule has 3 aliphatic rings. The van der Waals surface area contributed by atoms with Crippen molar-refractivity contribution < 1.29 is 14.4 Å². The molecule has 6 nitrogen and oxygen atoms in total. The molecule has 0 unspecified atom stereocenters. The average molecular weight is 414 g/mol. The minimum atomic E-state index is -0.303. The maximum absolute atomic E-state index is 13.2. The fraction of sp³-hybridized carbons (Fsp3) is 0.545. The first-order valence-electron chi connectivity index (χ1n) is 10.5. The topological polar surface area (TPSA) is 70.1 Å². The van der Waals surface area contributed by atoms with E-state index in [2.05, 4.69) is 11.9 Å². The Morgan fingerprint density at radius 3 is 2.59 bits per heavy atom. The smallest absolute Gasteiger partial charge is 0.261 e. The number of benzene rings is 1. The number of fused-ring (bicyclic) bond motifs is 1. The Labute approximate surface area is 175 Å². The Morgan fingerprint density at radius 1 is 1.17 bits per heavy atom. The van der Waals surface area contributed by atoms with Crippen molar-refractivity contribution in [1.82, 2.24) is 9.80 Å². The van der Waals surface area contributed by atoms with E-state index in [1.165, 1.54) is 11.3 Å². The highest BCUT2D eigenvalue weighted by atomic mass is 32.2. The lowest BCUT2D eigenvalue weighted by Crippen LogP contribution is -2.45. The van der Waals surface area contributed by atoms with E-state index in [0.717, 1.165) is 43.0 Å². The molecule has 0 spiro atoms. The molecule has 2 heterocycles. The van der Waals surface area contributed by atoms with Crippen LogP contribution in [0, 0.1) is 6.92 Å². The third kappa shape index (κ3) is 3.97. The molecule has 1 aromatic rings. The summed E-state index contributed by atoms with van der Waals surface area (Å²) in [6, 6.07) is 5.46.